The Morgan fingerprint density at radius 1 is 1.14 bits per heavy atom. The Kier molecular flexibility index (Phi) is 4.01. The molecule has 1 aliphatic carbocycles. The average Bonchev–Trinajstić information content (AvgIpc) is 2.63. The smallest absolute Gasteiger partial charge is 0.126 e. The summed E-state index contributed by atoms with van der Waals surface area (Å²) in [4.78, 5) is 0. The first-order valence-electron chi connectivity index (χ1n) is 7.40. The first kappa shape index (κ1) is 14.6. The highest BCUT2D eigenvalue weighted by molar-refractivity contribution is 6.30. The van der Waals surface area contributed by atoms with E-state index in [0.717, 1.165) is 31.2 Å². The number of fused-ring (bicyclic) bond motifs is 1. The maximum absolute atomic E-state index is 14.1. The number of aryl methyl sites for hydroxylation is 1. The van der Waals surface area contributed by atoms with Crippen molar-refractivity contribution in [2.75, 3.05) is 0 Å². The van der Waals surface area contributed by atoms with E-state index in [1.165, 1.54) is 11.6 Å². The van der Waals surface area contributed by atoms with E-state index in [4.69, 9.17) is 17.3 Å². The molecule has 0 aliphatic heterocycles. The van der Waals surface area contributed by atoms with Crippen molar-refractivity contribution >= 4 is 11.6 Å². The molecule has 110 valence electrons. The zero-order valence-corrected chi connectivity index (χ0v) is 12.7. The lowest BCUT2D eigenvalue weighted by Crippen LogP contribution is -2.39. The topological polar surface area (TPSA) is 26.0 Å². The summed E-state index contributed by atoms with van der Waals surface area (Å²) in [6.45, 7) is 0. The van der Waals surface area contributed by atoms with Crippen LogP contribution in [0.1, 0.15) is 36.0 Å². The van der Waals surface area contributed by atoms with Crippen LogP contribution in [-0.4, -0.2) is 0 Å². The Morgan fingerprint density at radius 3 is 2.81 bits per heavy atom. The van der Waals surface area contributed by atoms with Crippen molar-refractivity contribution in [3.63, 3.8) is 0 Å². The van der Waals surface area contributed by atoms with Gasteiger partial charge in [-0.15, -0.1) is 0 Å². The molecule has 1 nitrogen and oxygen atoms in total. The highest BCUT2D eigenvalue weighted by Crippen LogP contribution is 2.35. The molecule has 21 heavy (non-hydrogen) atoms. The fraction of sp³-hybridized carbons (Fsp3) is 0.333. The zero-order chi connectivity index (χ0) is 14.9. The van der Waals surface area contributed by atoms with Gasteiger partial charge >= 0.3 is 0 Å². The van der Waals surface area contributed by atoms with Crippen LogP contribution in [0.3, 0.4) is 0 Å². The van der Waals surface area contributed by atoms with E-state index in [-0.39, 0.29) is 5.82 Å². The van der Waals surface area contributed by atoms with Gasteiger partial charge in [0, 0.05) is 10.6 Å². The lowest BCUT2D eigenvalue weighted by Gasteiger charge is -2.31. The normalized spacial score (nSPS) is 21.7. The fourth-order valence-corrected chi connectivity index (χ4v) is 3.51. The molecule has 2 aromatic rings. The molecule has 0 heterocycles. The van der Waals surface area contributed by atoms with Gasteiger partial charge in [-0.25, -0.2) is 4.39 Å². The van der Waals surface area contributed by atoms with Crippen molar-refractivity contribution in [2.24, 2.45) is 5.73 Å². The van der Waals surface area contributed by atoms with Gasteiger partial charge in [0.25, 0.3) is 0 Å². The standard InChI is InChI=1S/C18H19ClFN/c19-15-8-9-17(20)14(11-15)12-18(21)10-4-3-6-13-5-1-2-7-16(13)18/h1-2,5,7-9,11H,3-4,6,10,12,21H2. The minimum absolute atomic E-state index is 0.231. The monoisotopic (exact) mass is 303 g/mol. The molecule has 0 amide bonds. The number of benzene rings is 2. The van der Waals surface area contributed by atoms with Gasteiger partial charge in [0.15, 0.2) is 0 Å². The predicted molar refractivity (Wildman–Crippen MR) is 85.0 cm³/mol. The van der Waals surface area contributed by atoms with Crippen LogP contribution in [0.4, 0.5) is 4.39 Å². The molecule has 3 heteroatoms. The molecule has 0 radical (unpaired) electrons. The molecular formula is C18H19ClFN. The van der Waals surface area contributed by atoms with Gasteiger partial charge in [0.2, 0.25) is 0 Å². The molecule has 0 bridgehead atoms. The third kappa shape index (κ3) is 2.97. The molecule has 3 rings (SSSR count). The molecule has 0 aromatic heterocycles. The second-order valence-electron chi connectivity index (χ2n) is 5.93. The lowest BCUT2D eigenvalue weighted by molar-refractivity contribution is 0.392. The number of hydrogen-bond acceptors (Lipinski definition) is 1. The molecule has 1 aliphatic rings. The number of halogens is 2. The first-order valence-corrected chi connectivity index (χ1v) is 7.77. The van der Waals surface area contributed by atoms with Gasteiger partial charge in [-0.1, -0.05) is 42.3 Å². The van der Waals surface area contributed by atoms with Crippen molar-refractivity contribution in [3.8, 4) is 0 Å². The van der Waals surface area contributed by atoms with Crippen molar-refractivity contribution in [1.29, 1.82) is 0 Å². The van der Waals surface area contributed by atoms with E-state index in [2.05, 4.69) is 12.1 Å². The highest BCUT2D eigenvalue weighted by atomic mass is 35.5. The molecular weight excluding hydrogens is 285 g/mol. The van der Waals surface area contributed by atoms with Crippen LogP contribution in [0.25, 0.3) is 0 Å². The number of hydrogen-bond donors (Lipinski definition) is 1. The van der Waals surface area contributed by atoms with E-state index in [9.17, 15) is 4.39 Å². The summed E-state index contributed by atoms with van der Waals surface area (Å²) in [7, 11) is 0. The van der Waals surface area contributed by atoms with Crippen molar-refractivity contribution in [1.82, 2.24) is 0 Å². The summed E-state index contributed by atoms with van der Waals surface area (Å²) < 4.78 is 14.1. The molecule has 0 saturated carbocycles. The van der Waals surface area contributed by atoms with Crippen LogP contribution in [-0.2, 0) is 18.4 Å². The SMILES string of the molecule is NC1(Cc2cc(Cl)ccc2F)CCCCc2ccccc21. The van der Waals surface area contributed by atoms with Gasteiger partial charge in [-0.2, -0.15) is 0 Å². The van der Waals surface area contributed by atoms with Crippen LogP contribution in [0, 0.1) is 5.82 Å². The second kappa shape index (κ2) is 5.78. The Hall–Kier alpha value is -1.38. The molecule has 2 aromatic carbocycles. The van der Waals surface area contributed by atoms with Crippen molar-refractivity contribution < 1.29 is 4.39 Å². The molecule has 2 N–H and O–H groups in total. The average molecular weight is 304 g/mol. The van der Waals surface area contributed by atoms with Crippen LogP contribution < -0.4 is 5.73 Å². The van der Waals surface area contributed by atoms with Gasteiger partial charge < -0.3 is 5.73 Å². The second-order valence-corrected chi connectivity index (χ2v) is 6.37. The van der Waals surface area contributed by atoms with E-state index in [1.807, 2.05) is 12.1 Å². The maximum Gasteiger partial charge on any atom is 0.126 e. The molecule has 0 spiro atoms. The molecule has 1 unspecified atom stereocenters. The Morgan fingerprint density at radius 2 is 1.95 bits per heavy atom. The highest BCUT2D eigenvalue weighted by Gasteiger charge is 2.32. The van der Waals surface area contributed by atoms with Gasteiger partial charge in [-0.3, -0.25) is 0 Å². The maximum atomic E-state index is 14.1. The van der Waals surface area contributed by atoms with Crippen LogP contribution >= 0.6 is 11.6 Å². The predicted octanol–water partition coefficient (Wildman–Crippen LogP) is 4.60. The van der Waals surface area contributed by atoms with Crippen molar-refractivity contribution in [2.45, 2.75) is 37.6 Å². The Labute approximate surface area is 129 Å². The van der Waals surface area contributed by atoms with Crippen LogP contribution in [0.5, 0.6) is 0 Å². The minimum Gasteiger partial charge on any atom is -0.321 e. The third-order valence-corrected chi connectivity index (χ3v) is 4.62. The van der Waals surface area contributed by atoms with Crippen LogP contribution in [0.2, 0.25) is 5.02 Å². The third-order valence-electron chi connectivity index (χ3n) is 4.39. The fourth-order valence-electron chi connectivity index (χ4n) is 3.32. The molecule has 1 atom stereocenters. The number of nitrogens with two attached hydrogens (primary N) is 1. The quantitative estimate of drug-likeness (QED) is 0.806. The van der Waals surface area contributed by atoms with E-state index >= 15 is 0 Å². The largest absolute Gasteiger partial charge is 0.321 e. The van der Waals surface area contributed by atoms with E-state index < -0.39 is 5.54 Å². The summed E-state index contributed by atoms with van der Waals surface area (Å²) in [5.41, 5.74) is 9.24. The summed E-state index contributed by atoms with van der Waals surface area (Å²) in [5, 5.41) is 0.553. The van der Waals surface area contributed by atoms with Gasteiger partial charge in [0.05, 0.1) is 0 Å². The zero-order valence-electron chi connectivity index (χ0n) is 11.9. The first-order chi connectivity index (χ1) is 10.1. The van der Waals surface area contributed by atoms with Crippen molar-refractivity contribution in [3.05, 3.63) is 70.0 Å². The summed E-state index contributed by atoms with van der Waals surface area (Å²) in [6.07, 6.45) is 4.60. The Bertz CT molecular complexity index is 655. The van der Waals surface area contributed by atoms with Gasteiger partial charge in [-0.05, 0) is 60.6 Å². The summed E-state index contributed by atoms with van der Waals surface area (Å²) in [5.74, 6) is -0.231. The van der Waals surface area contributed by atoms with Crippen LogP contribution in [0.15, 0.2) is 42.5 Å². The molecule has 0 saturated heterocycles. The summed E-state index contributed by atoms with van der Waals surface area (Å²) in [6, 6.07) is 13.0. The number of rotatable bonds is 2. The minimum atomic E-state index is -0.515. The van der Waals surface area contributed by atoms with E-state index in [1.54, 1.807) is 12.1 Å². The lowest BCUT2D eigenvalue weighted by atomic mass is 9.80. The van der Waals surface area contributed by atoms with Gasteiger partial charge in [0.1, 0.15) is 5.82 Å². The summed E-state index contributed by atoms with van der Waals surface area (Å²) >= 11 is 6.00. The molecule has 0 fully saturated rings. The Balaban J connectivity index is 2.02. The van der Waals surface area contributed by atoms with E-state index in [0.29, 0.717) is 17.0 Å².